The summed E-state index contributed by atoms with van der Waals surface area (Å²) in [4.78, 5) is 144. The number of aromatic nitrogens is 4. The third kappa shape index (κ3) is 26.0. The number of nitrogens with one attached hydrogen (secondary N) is 4. The maximum Gasteiger partial charge on any atom is 1.00 e. The molecule has 6 heterocycles. The summed E-state index contributed by atoms with van der Waals surface area (Å²) in [5.41, 5.74) is 28.3. The van der Waals surface area contributed by atoms with Gasteiger partial charge in [0, 0.05) is 77.8 Å². The van der Waals surface area contributed by atoms with Crippen molar-refractivity contribution in [3.05, 3.63) is 315 Å². The van der Waals surface area contributed by atoms with E-state index in [1.54, 1.807) is 171 Å². The maximum absolute atomic E-state index is 12.6. The van der Waals surface area contributed by atoms with Gasteiger partial charge < -0.3 is 30.1 Å². The van der Waals surface area contributed by atoms with Crippen LogP contribution in [0.5, 0.6) is 0 Å². The van der Waals surface area contributed by atoms with Crippen LogP contribution in [0.15, 0.2) is 254 Å². The van der Waals surface area contributed by atoms with Crippen molar-refractivity contribution in [3.8, 4) is 22.5 Å². The second kappa shape index (κ2) is 48.4. The number of Topliss-reactive ketones (excluding diaryl/α,β-unsaturated/α-hetero) is 2. The number of rotatable bonds is 14. The molecule has 116 heavy (non-hydrogen) atoms. The van der Waals surface area contributed by atoms with Crippen LogP contribution in [0, 0.1) is 11.1 Å². The number of carbonyl (C=O) groups excluding carboxylic acids is 12. The minimum atomic E-state index is -1.67. The minimum Gasteiger partial charge on any atom is -0.587 e. The molecular weight excluding hydrogens is 1650 g/mol. The fraction of sp³-hybridized carbons (Fsp3) is 0.101. The molecule has 30 nitrogen and oxygen atoms in total. The zero-order valence-electron chi connectivity index (χ0n) is 60.9. The Kier molecular flexibility index (Phi) is 39.2. The van der Waals surface area contributed by atoms with Crippen molar-refractivity contribution in [1.82, 2.24) is 39.8 Å². The molecule has 0 saturated carbocycles. The Morgan fingerprint density at radius 1 is 0.483 bits per heavy atom. The van der Waals surface area contributed by atoms with Gasteiger partial charge in [0.15, 0.2) is 16.6 Å². The maximum atomic E-state index is 12.6. The quantitative estimate of drug-likeness (QED) is 0.00562. The van der Waals surface area contributed by atoms with E-state index < -0.39 is 45.0 Å². The molecule has 2 aromatic heterocycles. The molecule has 10 amide bonds. The van der Waals surface area contributed by atoms with E-state index in [0.29, 0.717) is 89.0 Å². The number of hydrazine groups is 1. The number of hydrogen-bond donors (Lipinski definition) is 6. The van der Waals surface area contributed by atoms with Crippen LogP contribution in [0.2, 0.25) is 0 Å². The Bertz CT molecular complexity index is 5160. The summed E-state index contributed by atoms with van der Waals surface area (Å²) in [6.07, 6.45) is -1.30. The Morgan fingerprint density at radius 2 is 0.802 bits per heavy atom. The molecule has 590 valence electrons. The van der Waals surface area contributed by atoms with E-state index >= 15 is 0 Å². The first kappa shape index (κ1) is 94.0. The number of benzene rings is 9. The number of hydrogen-bond acceptors (Lipinski definition) is 26. The van der Waals surface area contributed by atoms with Gasteiger partial charge in [-0.25, -0.2) is 41.0 Å². The summed E-state index contributed by atoms with van der Waals surface area (Å²) in [6.45, 7) is 3.65. The number of halogens is 3. The minimum absolute atomic E-state index is 0. The van der Waals surface area contributed by atoms with Gasteiger partial charge in [-0.2, -0.15) is 5.10 Å². The van der Waals surface area contributed by atoms with Crippen LogP contribution in [0.25, 0.3) is 27.8 Å². The number of nitrogens with zero attached hydrogens (tertiary/aromatic N) is 9. The number of imide groups is 4. The number of anilines is 2. The molecule has 0 bridgehead atoms. The van der Waals surface area contributed by atoms with E-state index in [1.165, 1.54) is 11.5 Å². The molecule has 15 rings (SSSR count). The summed E-state index contributed by atoms with van der Waals surface area (Å²) in [5.74, 6) is 1.42. The standard InChI is InChI=1S/C19H17N3O4.C16H9N3O2S.C16H11NO3.C8H7BrO.C8H7N3S.C8H5NO2.C3H8N2O2.CH4.Cl2OS.Li.H2N2/c1-2-26-19(25)21-20-16(13-8-4-3-5-9-13)12-22-17(23)14-10-6-7-11-15(14)18(22)24;20-14-11-8-4-5-9-12(11)15(21)19(14)16-13(17-18-22-16)10-6-2-1-3-7-10;18-14(11-6-2-1-3-7-11)10-17-15(19)12-8-4-5-9-13(12)16(17)20;9-6-8(10)7-4-2-1-3-5-7;9-8-7(10-11-12-8)6-4-2-1-3-5-6;10-7-5-3-1-2-4-6(5)8(11)9-7;1-2-7-3(6)5-4;;1-4(2)3;;1-2/h3-11H,2,12H2,1H3,(H,21,25);1-9H;1-9H,10H2;1-5H,6H2;1-5H,9H2;1-4H,(H,9,10,11);2,4H2,1H3,(H,5,6);1H4;;;1-2H/q;;;;;;;;;+1;/p-1/b20-16-;;;;;;;;;;. The smallest absolute Gasteiger partial charge is 0.587 e. The van der Waals surface area contributed by atoms with Gasteiger partial charge in [-0.3, -0.25) is 53.6 Å². The predicted molar refractivity (Wildman–Crippen MR) is 440 cm³/mol. The molecule has 8 N–H and O–H groups in total. The number of amides is 10. The van der Waals surface area contributed by atoms with E-state index in [-0.39, 0.29) is 81.2 Å². The van der Waals surface area contributed by atoms with Gasteiger partial charge in [0.05, 0.1) is 82.5 Å². The van der Waals surface area contributed by atoms with Gasteiger partial charge in [-0.15, -0.1) is 10.2 Å². The number of alkyl halides is 1. The normalized spacial score (nSPS) is 12.0. The molecule has 9 aromatic carbocycles. The summed E-state index contributed by atoms with van der Waals surface area (Å²) in [6, 6.07) is 72.7. The monoisotopic (exact) mass is 1720 g/mol. The van der Waals surface area contributed by atoms with Crippen LogP contribution in [-0.4, -0.2) is 142 Å². The molecule has 0 radical (unpaired) electrons. The zero-order chi connectivity index (χ0) is 82.6. The van der Waals surface area contributed by atoms with Crippen molar-refractivity contribution in [3.63, 3.8) is 0 Å². The van der Waals surface area contributed by atoms with Gasteiger partial charge in [0.1, 0.15) is 16.4 Å². The number of ether oxygens (including phenoxy) is 2. The first-order valence-electron chi connectivity index (χ1n) is 33.3. The summed E-state index contributed by atoms with van der Waals surface area (Å²) >= 11 is 5.36. The number of hydrazone groups is 1. The molecule has 0 atom stereocenters. The molecule has 4 aliphatic heterocycles. The zero-order valence-corrected chi connectivity index (χ0v) is 66.4. The molecular formula is C79H69BrCl2LiN15O15S3. The number of nitrogen functional groups attached to an aromatic ring is 1. The fourth-order valence-corrected chi connectivity index (χ4v) is 11.8. The van der Waals surface area contributed by atoms with E-state index in [4.69, 9.17) is 25.7 Å². The van der Waals surface area contributed by atoms with Crippen molar-refractivity contribution in [2.24, 2.45) is 10.9 Å². The van der Waals surface area contributed by atoms with E-state index in [0.717, 1.165) is 48.6 Å². The third-order valence-electron chi connectivity index (χ3n) is 15.4. The van der Waals surface area contributed by atoms with E-state index in [9.17, 15) is 57.5 Å². The van der Waals surface area contributed by atoms with Crippen LogP contribution in [0.1, 0.15) is 130 Å². The van der Waals surface area contributed by atoms with Crippen LogP contribution < -0.4 is 46.2 Å². The first-order valence-corrected chi connectivity index (χ1v) is 38.8. The van der Waals surface area contributed by atoms with Crippen LogP contribution >= 0.6 is 60.4 Å². The fourth-order valence-electron chi connectivity index (χ4n) is 10.3. The molecule has 37 heteroatoms. The second-order valence-electron chi connectivity index (χ2n) is 22.4. The topological polar surface area (TPSA) is 452 Å². The first-order chi connectivity index (χ1) is 55.1. The average Bonchev–Trinajstić information content (AvgIpc) is 1.62. The van der Waals surface area contributed by atoms with E-state index in [1.807, 2.05) is 97.1 Å². The number of fused-ring (bicyclic) bond motifs is 4. The number of carbonyl (C=O) groups is 12. The van der Waals surface area contributed by atoms with E-state index in [2.05, 4.69) is 82.9 Å². The molecule has 0 aliphatic carbocycles. The predicted octanol–water partition coefficient (Wildman–Crippen LogP) is 11.9. The molecule has 0 fully saturated rings. The van der Waals surface area contributed by atoms with Crippen molar-refractivity contribution >= 4 is 156 Å². The van der Waals surface area contributed by atoms with Crippen molar-refractivity contribution in [2.45, 2.75) is 21.3 Å². The largest absolute Gasteiger partial charge is 1.00 e. The van der Waals surface area contributed by atoms with Gasteiger partial charge in [0.2, 0.25) is 9.23 Å². The summed E-state index contributed by atoms with van der Waals surface area (Å²) in [5, 5.41) is 16.9. The Morgan fingerprint density at radius 3 is 1.16 bits per heavy atom. The number of nitrogens with two attached hydrogens (primary N) is 2. The van der Waals surface area contributed by atoms with Crippen molar-refractivity contribution in [2.75, 3.05) is 42.3 Å². The van der Waals surface area contributed by atoms with Gasteiger partial charge >= 0.3 is 31.0 Å². The van der Waals surface area contributed by atoms with Crippen LogP contribution in [0.4, 0.5) is 19.6 Å². The number of ketones is 2. The Balaban J connectivity index is 0.000000246. The molecule has 0 saturated heterocycles. The summed E-state index contributed by atoms with van der Waals surface area (Å²) in [7, 11) is 7.36. The molecule has 0 unspecified atom stereocenters. The Hall–Kier alpha value is -12.6. The Labute approximate surface area is 704 Å². The van der Waals surface area contributed by atoms with Crippen LogP contribution in [-0.2, 0) is 18.7 Å². The molecule has 4 aliphatic rings. The molecule has 11 aromatic rings. The second-order valence-corrected chi connectivity index (χ2v) is 27.0. The van der Waals surface area contributed by atoms with Crippen LogP contribution in [0.3, 0.4) is 0 Å². The molecule has 0 spiro atoms. The summed E-state index contributed by atoms with van der Waals surface area (Å²) < 4.78 is 25.9. The van der Waals surface area contributed by atoms with Gasteiger partial charge in [-0.1, -0.05) is 245 Å². The SMILES string of the molecule is C.CCOC(=O)N/N=C(/CN1C(=O)c2ccccc2C1=O)c1ccccc1.CCOC(=O)NN.N=N.Nc1snnc1-c1ccccc1.O=C(CBr)c1ccccc1.O=C(CN1C(=O)c2ccccc2C1=O)c1ccccc1.O=C1[N-]C(=O)c2ccccc21.O=C1c2ccccc2C(=O)N1c1snnc1-c1ccccc1.O=S(Cl)Cl.[Li+]. The third-order valence-corrected chi connectivity index (χ3v) is 17.2. The van der Waals surface area contributed by atoms with Crippen molar-refractivity contribution < 1.29 is 90.1 Å². The van der Waals surface area contributed by atoms with Crippen molar-refractivity contribution in [1.29, 1.82) is 11.1 Å². The van der Waals surface area contributed by atoms with Gasteiger partial charge in [0.25, 0.3) is 35.4 Å². The van der Waals surface area contributed by atoms with Gasteiger partial charge in [-0.05, 0) is 55.8 Å². The average molecular weight is 1720 g/mol.